The van der Waals surface area contributed by atoms with Crippen molar-refractivity contribution in [2.24, 2.45) is 0 Å². The second kappa shape index (κ2) is 7.22. The quantitative estimate of drug-likeness (QED) is 0.734. The average molecular weight is 329 g/mol. The van der Waals surface area contributed by atoms with Crippen molar-refractivity contribution in [3.63, 3.8) is 0 Å². The smallest absolute Gasteiger partial charge is 0.0806 e. The maximum atomic E-state index is 11.0. The molecule has 0 amide bonds. The first kappa shape index (κ1) is 16.1. The van der Waals surface area contributed by atoms with Crippen LogP contribution in [0.15, 0.2) is 84.9 Å². The fraction of sp³-hybridized carbons (Fsp3) is 0.217. The second-order valence-electron chi connectivity index (χ2n) is 6.76. The third kappa shape index (κ3) is 3.37. The molecule has 1 aliphatic carbocycles. The van der Waals surface area contributed by atoms with Crippen LogP contribution in [0.4, 0.5) is 0 Å². The van der Waals surface area contributed by atoms with Gasteiger partial charge >= 0.3 is 0 Å². The topological polar surface area (TPSA) is 32.3 Å². The van der Waals surface area contributed by atoms with Crippen LogP contribution >= 0.6 is 0 Å². The van der Waals surface area contributed by atoms with Crippen molar-refractivity contribution in [3.05, 3.63) is 107 Å². The predicted molar refractivity (Wildman–Crippen MR) is 101 cm³/mol. The van der Waals surface area contributed by atoms with Gasteiger partial charge in [-0.3, -0.25) is 0 Å². The van der Waals surface area contributed by atoms with Crippen molar-refractivity contribution < 1.29 is 5.11 Å². The van der Waals surface area contributed by atoms with E-state index >= 15 is 0 Å². The Bertz CT molecular complexity index is 816. The Morgan fingerprint density at radius 2 is 1.24 bits per heavy atom. The standard InChI is InChI=1S/C23H23NO/c25-23-21(15-17-9-3-1-4-10-17)19-13-7-8-14-20(19)22(23)24-16-18-11-5-2-6-12-18/h1-14,21-25H,15-16H2/t21-,22-,23?/m0/s1. The van der Waals surface area contributed by atoms with Gasteiger partial charge in [0.1, 0.15) is 0 Å². The number of nitrogens with one attached hydrogen (secondary N) is 1. The molecule has 126 valence electrons. The molecule has 3 atom stereocenters. The lowest BCUT2D eigenvalue weighted by Crippen LogP contribution is -2.30. The minimum atomic E-state index is -0.415. The zero-order chi connectivity index (χ0) is 17.1. The van der Waals surface area contributed by atoms with E-state index in [1.807, 2.05) is 24.3 Å². The van der Waals surface area contributed by atoms with Crippen molar-refractivity contribution in [1.82, 2.24) is 5.32 Å². The first-order valence-electron chi connectivity index (χ1n) is 8.91. The van der Waals surface area contributed by atoms with Gasteiger partial charge in [0.05, 0.1) is 12.1 Å². The largest absolute Gasteiger partial charge is 0.390 e. The summed E-state index contributed by atoms with van der Waals surface area (Å²) in [6.45, 7) is 0.759. The molecule has 3 aromatic carbocycles. The molecule has 3 aromatic rings. The summed E-state index contributed by atoms with van der Waals surface area (Å²) in [6, 6.07) is 29.2. The van der Waals surface area contributed by atoms with Crippen LogP contribution < -0.4 is 5.32 Å². The Morgan fingerprint density at radius 1 is 0.680 bits per heavy atom. The first-order chi connectivity index (χ1) is 12.3. The number of aliphatic hydroxyl groups excluding tert-OH is 1. The zero-order valence-corrected chi connectivity index (χ0v) is 14.2. The van der Waals surface area contributed by atoms with E-state index in [0.29, 0.717) is 0 Å². The summed E-state index contributed by atoms with van der Waals surface area (Å²) >= 11 is 0. The monoisotopic (exact) mass is 329 g/mol. The SMILES string of the molecule is OC1[C@@H](Cc2ccccc2)c2ccccc2[C@@H]1NCc1ccccc1. The van der Waals surface area contributed by atoms with Crippen LogP contribution in [0.2, 0.25) is 0 Å². The number of fused-ring (bicyclic) bond motifs is 1. The molecule has 1 aliphatic rings. The summed E-state index contributed by atoms with van der Waals surface area (Å²) in [4.78, 5) is 0. The van der Waals surface area contributed by atoms with E-state index in [1.54, 1.807) is 0 Å². The van der Waals surface area contributed by atoms with Gasteiger partial charge in [-0.25, -0.2) is 0 Å². The van der Waals surface area contributed by atoms with Gasteiger partial charge < -0.3 is 10.4 Å². The van der Waals surface area contributed by atoms with Gasteiger partial charge in [-0.1, -0.05) is 84.9 Å². The number of hydrogen-bond donors (Lipinski definition) is 2. The van der Waals surface area contributed by atoms with E-state index in [2.05, 4.69) is 66.0 Å². The maximum absolute atomic E-state index is 11.0. The van der Waals surface area contributed by atoms with Gasteiger partial charge in [-0.2, -0.15) is 0 Å². The predicted octanol–water partition coefficient (Wildman–Crippen LogP) is 4.22. The van der Waals surface area contributed by atoms with Gasteiger partial charge in [0.15, 0.2) is 0 Å². The van der Waals surface area contributed by atoms with Crippen LogP contribution in [0.1, 0.15) is 34.2 Å². The van der Waals surface area contributed by atoms with Crippen molar-refractivity contribution in [2.45, 2.75) is 31.0 Å². The minimum Gasteiger partial charge on any atom is -0.390 e. The third-order valence-corrected chi connectivity index (χ3v) is 5.15. The molecule has 2 heteroatoms. The number of rotatable bonds is 5. The molecule has 4 rings (SSSR count). The summed E-state index contributed by atoms with van der Waals surface area (Å²) in [5.41, 5.74) is 5.00. The van der Waals surface area contributed by atoms with Gasteiger partial charge in [0, 0.05) is 12.5 Å². The van der Waals surface area contributed by atoms with Crippen LogP contribution in [-0.2, 0) is 13.0 Å². The second-order valence-corrected chi connectivity index (χ2v) is 6.76. The molecule has 0 aliphatic heterocycles. The van der Waals surface area contributed by atoms with Crippen LogP contribution in [0.5, 0.6) is 0 Å². The summed E-state index contributed by atoms with van der Waals surface area (Å²) < 4.78 is 0. The summed E-state index contributed by atoms with van der Waals surface area (Å²) in [5, 5.41) is 14.6. The van der Waals surface area contributed by atoms with E-state index < -0.39 is 6.10 Å². The van der Waals surface area contributed by atoms with E-state index in [4.69, 9.17) is 0 Å². The molecule has 0 spiro atoms. The Balaban J connectivity index is 1.56. The molecular formula is C23H23NO. The number of hydrogen-bond acceptors (Lipinski definition) is 2. The highest BCUT2D eigenvalue weighted by molar-refractivity contribution is 5.41. The normalized spacial score (nSPS) is 21.9. The first-order valence-corrected chi connectivity index (χ1v) is 8.91. The Hall–Kier alpha value is -2.42. The lowest BCUT2D eigenvalue weighted by molar-refractivity contribution is 0.114. The molecule has 0 heterocycles. The molecule has 2 N–H and O–H groups in total. The highest BCUT2D eigenvalue weighted by atomic mass is 16.3. The van der Waals surface area contributed by atoms with E-state index in [9.17, 15) is 5.11 Å². The number of benzene rings is 3. The van der Waals surface area contributed by atoms with Gasteiger partial charge in [-0.05, 0) is 28.7 Å². The van der Waals surface area contributed by atoms with Crippen LogP contribution in [0, 0.1) is 0 Å². The van der Waals surface area contributed by atoms with Crippen molar-refractivity contribution >= 4 is 0 Å². The molecule has 0 bridgehead atoms. The molecule has 0 saturated carbocycles. The third-order valence-electron chi connectivity index (χ3n) is 5.15. The number of aliphatic hydroxyl groups is 1. The highest BCUT2D eigenvalue weighted by Crippen LogP contribution is 2.42. The molecule has 0 saturated heterocycles. The average Bonchev–Trinajstić information content (AvgIpc) is 2.93. The molecule has 25 heavy (non-hydrogen) atoms. The molecular weight excluding hydrogens is 306 g/mol. The fourth-order valence-electron chi connectivity index (χ4n) is 3.89. The van der Waals surface area contributed by atoms with Crippen LogP contribution in [-0.4, -0.2) is 11.2 Å². The van der Waals surface area contributed by atoms with E-state index in [-0.39, 0.29) is 12.0 Å². The molecule has 1 unspecified atom stereocenters. The summed E-state index contributed by atoms with van der Waals surface area (Å²) in [7, 11) is 0. The summed E-state index contributed by atoms with van der Waals surface area (Å²) in [6.07, 6.45) is 0.448. The van der Waals surface area contributed by atoms with Crippen LogP contribution in [0.3, 0.4) is 0 Å². The Morgan fingerprint density at radius 3 is 1.92 bits per heavy atom. The Kier molecular flexibility index (Phi) is 4.64. The molecule has 2 nitrogen and oxygen atoms in total. The highest BCUT2D eigenvalue weighted by Gasteiger charge is 2.38. The van der Waals surface area contributed by atoms with Crippen molar-refractivity contribution in [2.75, 3.05) is 0 Å². The van der Waals surface area contributed by atoms with Gasteiger partial charge in [0.2, 0.25) is 0 Å². The molecule has 0 fully saturated rings. The van der Waals surface area contributed by atoms with Crippen LogP contribution in [0.25, 0.3) is 0 Å². The van der Waals surface area contributed by atoms with E-state index in [1.165, 1.54) is 22.3 Å². The zero-order valence-electron chi connectivity index (χ0n) is 14.2. The van der Waals surface area contributed by atoms with E-state index in [0.717, 1.165) is 13.0 Å². The van der Waals surface area contributed by atoms with Gasteiger partial charge in [-0.15, -0.1) is 0 Å². The Labute approximate surface area is 149 Å². The molecule has 0 radical (unpaired) electrons. The lowest BCUT2D eigenvalue weighted by atomic mass is 9.92. The summed E-state index contributed by atoms with van der Waals surface area (Å²) in [5.74, 6) is 0.131. The lowest BCUT2D eigenvalue weighted by Gasteiger charge is -2.22. The van der Waals surface area contributed by atoms with Crippen molar-refractivity contribution in [3.8, 4) is 0 Å². The van der Waals surface area contributed by atoms with Crippen molar-refractivity contribution in [1.29, 1.82) is 0 Å². The maximum Gasteiger partial charge on any atom is 0.0806 e. The van der Waals surface area contributed by atoms with Gasteiger partial charge in [0.25, 0.3) is 0 Å². The minimum absolute atomic E-state index is 0.0230. The molecule has 0 aromatic heterocycles. The fourth-order valence-corrected chi connectivity index (χ4v) is 3.89.